The molecule has 0 saturated carbocycles. The second-order valence-corrected chi connectivity index (χ2v) is 3.40. The van der Waals surface area contributed by atoms with Crippen LogP contribution in [0, 0.1) is 11.3 Å². The molecule has 0 aliphatic carbocycles. The summed E-state index contributed by atoms with van der Waals surface area (Å²) in [6.07, 6.45) is -2.94. The molecular weight excluding hydrogens is 245 g/mol. The van der Waals surface area contributed by atoms with Gasteiger partial charge in [0, 0.05) is 0 Å². The van der Waals surface area contributed by atoms with Crippen molar-refractivity contribution in [1.82, 2.24) is 4.98 Å². The Morgan fingerprint density at radius 2 is 2.20 bits per heavy atom. The molecule has 0 N–H and O–H groups in total. The van der Waals surface area contributed by atoms with Gasteiger partial charge in [-0.15, -0.1) is 11.6 Å². The molecule has 0 amide bonds. The van der Waals surface area contributed by atoms with Crippen LogP contribution < -0.4 is 0 Å². The third-order valence-corrected chi connectivity index (χ3v) is 2.33. The third-order valence-electron chi connectivity index (χ3n) is 1.74. The molecule has 0 radical (unpaired) electrons. The molecule has 1 rings (SSSR count). The van der Waals surface area contributed by atoms with E-state index in [1.807, 2.05) is 0 Å². The van der Waals surface area contributed by atoms with Crippen LogP contribution in [0.1, 0.15) is 23.4 Å². The Morgan fingerprint density at radius 1 is 1.53 bits per heavy atom. The van der Waals surface area contributed by atoms with Gasteiger partial charge in [-0.3, -0.25) is 4.98 Å². The van der Waals surface area contributed by atoms with E-state index in [2.05, 4.69) is 4.98 Å². The Balaban J connectivity index is 3.30. The zero-order valence-electron chi connectivity index (χ0n) is 7.48. The summed E-state index contributed by atoms with van der Waals surface area (Å²) in [6, 6.07) is 3.05. The van der Waals surface area contributed by atoms with Crippen molar-refractivity contribution in [1.29, 1.82) is 5.26 Å². The number of aromatic nitrogens is 1. The van der Waals surface area contributed by atoms with Crippen LogP contribution in [0.25, 0.3) is 0 Å². The molecule has 1 heterocycles. The van der Waals surface area contributed by atoms with Crippen molar-refractivity contribution in [2.24, 2.45) is 0 Å². The largest absolute Gasteiger partial charge is 0.267 e. The lowest BCUT2D eigenvalue weighted by Gasteiger charge is -2.09. The molecule has 0 fully saturated rings. The molecule has 0 saturated heterocycles. The minimum absolute atomic E-state index is 0.00403. The highest BCUT2D eigenvalue weighted by atomic mass is 35.5. The van der Waals surface area contributed by atoms with Crippen LogP contribution in [-0.2, 0) is 12.3 Å². The molecule has 0 bridgehead atoms. The molecule has 1 aromatic rings. The first-order valence-corrected chi connectivity index (χ1v) is 4.90. The van der Waals surface area contributed by atoms with E-state index in [1.165, 1.54) is 6.07 Å². The van der Waals surface area contributed by atoms with Crippen molar-refractivity contribution in [3.63, 3.8) is 0 Å². The fraction of sp³-hybridized carbons (Fsp3) is 0.333. The number of halogens is 4. The van der Waals surface area contributed by atoms with Crippen molar-refractivity contribution in [2.45, 2.75) is 18.7 Å². The summed E-state index contributed by atoms with van der Waals surface area (Å²) in [7, 11) is 0. The van der Waals surface area contributed by atoms with Gasteiger partial charge in [-0.2, -0.15) is 5.26 Å². The summed E-state index contributed by atoms with van der Waals surface area (Å²) in [5, 5.41) is 8.37. The van der Waals surface area contributed by atoms with Gasteiger partial charge in [0.15, 0.2) is 0 Å². The molecule has 80 valence electrons. The quantitative estimate of drug-likeness (QED) is 0.771. The molecular formula is C9H6Cl2F2N2. The normalized spacial score (nSPS) is 10.4. The van der Waals surface area contributed by atoms with E-state index >= 15 is 0 Å². The number of hydrogen-bond acceptors (Lipinski definition) is 2. The molecule has 0 aliphatic rings. The van der Waals surface area contributed by atoms with E-state index in [1.54, 1.807) is 6.07 Å². The zero-order valence-corrected chi connectivity index (χ0v) is 8.99. The molecule has 0 spiro atoms. The van der Waals surface area contributed by atoms with Gasteiger partial charge in [-0.1, -0.05) is 11.6 Å². The predicted octanol–water partition coefficient (Wildman–Crippen LogP) is 3.48. The molecule has 0 atom stereocenters. The molecule has 0 aliphatic heterocycles. The van der Waals surface area contributed by atoms with E-state index < -0.39 is 6.43 Å². The van der Waals surface area contributed by atoms with Gasteiger partial charge in [0.25, 0.3) is 6.43 Å². The first-order valence-electron chi connectivity index (χ1n) is 3.99. The second kappa shape index (κ2) is 5.24. The highest BCUT2D eigenvalue weighted by molar-refractivity contribution is 6.31. The van der Waals surface area contributed by atoms with Crippen LogP contribution in [0.2, 0.25) is 5.02 Å². The maximum absolute atomic E-state index is 12.6. The number of nitrogens with zero attached hydrogens (tertiary/aromatic N) is 2. The SMILES string of the molecule is N#CCc1nc(CCl)cc(Cl)c1C(F)F. The summed E-state index contributed by atoms with van der Waals surface area (Å²) in [4.78, 5) is 3.84. The number of hydrogen-bond donors (Lipinski definition) is 0. The van der Waals surface area contributed by atoms with Gasteiger partial charge in [0.2, 0.25) is 0 Å². The Hall–Kier alpha value is -0.920. The van der Waals surface area contributed by atoms with Crippen molar-refractivity contribution in [3.05, 3.63) is 28.0 Å². The highest BCUT2D eigenvalue weighted by Gasteiger charge is 2.19. The topological polar surface area (TPSA) is 36.7 Å². The number of rotatable bonds is 3. The van der Waals surface area contributed by atoms with Crippen molar-refractivity contribution >= 4 is 23.2 Å². The highest BCUT2D eigenvalue weighted by Crippen LogP contribution is 2.30. The number of pyridine rings is 1. The van der Waals surface area contributed by atoms with Gasteiger partial charge in [-0.05, 0) is 6.07 Å². The van der Waals surface area contributed by atoms with Crippen LogP contribution in [0.4, 0.5) is 8.78 Å². The van der Waals surface area contributed by atoms with Crippen molar-refractivity contribution < 1.29 is 8.78 Å². The summed E-state index contributed by atoms with van der Waals surface area (Å²) in [5.74, 6) is 0.0711. The van der Waals surface area contributed by atoms with Crippen molar-refractivity contribution in [2.75, 3.05) is 0 Å². The van der Waals surface area contributed by atoms with E-state index in [9.17, 15) is 8.78 Å². The average molecular weight is 251 g/mol. The predicted molar refractivity (Wildman–Crippen MR) is 53.1 cm³/mol. The van der Waals surface area contributed by atoms with E-state index in [-0.39, 0.29) is 28.6 Å². The lowest BCUT2D eigenvalue weighted by molar-refractivity contribution is 0.150. The Morgan fingerprint density at radius 3 is 2.67 bits per heavy atom. The third kappa shape index (κ3) is 2.77. The summed E-state index contributed by atoms with van der Waals surface area (Å²) in [5.41, 5.74) is -0.000880. The van der Waals surface area contributed by atoms with Gasteiger partial charge in [-0.25, -0.2) is 8.78 Å². The Kier molecular flexibility index (Phi) is 4.25. The van der Waals surface area contributed by atoms with E-state index in [0.717, 1.165) is 0 Å². The zero-order chi connectivity index (χ0) is 11.4. The molecule has 0 aromatic carbocycles. The van der Waals surface area contributed by atoms with Gasteiger partial charge in [0.1, 0.15) is 0 Å². The van der Waals surface area contributed by atoms with Crippen LogP contribution in [0.5, 0.6) is 0 Å². The molecule has 15 heavy (non-hydrogen) atoms. The smallest absolute Gasteiger partial charge is 0.255 e. The first kappa shape index (κ1) is 12.2. The van der Waals surface area contributed by atoms with Crippen LogP contribution in [-0.4, -0.2) is 4.98 Å². The standard InChI is InChI=1S/C9H6Cl2F2N2/c10-4-5-3-6(11)8(9(12)13)7(15-5)1-2-14/h3,9H,1,4H2. The summed E-state index contributed by atoms with van der Waals surface area (Å²) < 4.78 is 25.2. The van der Waals surface area contributed by atoms with E-state index in [0.29, 0.717) is 5.69 Å². The lowest BCUT2D eigenvalue weighted by Crippen LogP contribution is -2.02. The Labute approximate surface area is 95.4 Å². The van der Waals surface area contributed by atoms with Crippen molar-refractivity contribution in [3.8, 4) is 6.07 Å². The first-order chi connectivity index (χ1) is 7.10. The number of nitriles is 1. The van der Waals surface area contributed by atoms with Crippen LogP contribution >= 0.6 is 23.2 Å². The molecule has 1 aromatic heterocycles. The maximum Gasteiger partial charge on any atom is 0.267 e. The monoisotopic (exact) mass is 250 g/mol. The fourth-order valence-corrected chi connectivity index (χ4v) is 1.59. The molecule has 2 nitrogen and oxygen atoms in total. The molecule has 0 unspecified atom stereocenters. The maximum atomic E-state index is 12.6. The van der Waals surface area contributed by atoms with Crippen LogP contribution in [0.3, 0.4) is 0 Å². The van der Waals surface area contributed by atoms with Gasteiger partial charge < -0.3 is 0 Å². The van der Waals surface area contributed by atoms with Gasteiger partial charge in [0.05, 0.1) is 40.3 Å². The fourth-order valence-electron chi connectivity index (χ4n) is 1.14. The Bertz CT molecular complexity index is 402. The average Bonchev–Trinajstić information content (AvgIpc) is 2.16. The number of alkyl halides is 3. The van der Waals surface area contributed by atoms with Crippen LogP contribution in [0.15, 0.2) is 6.07 Å². The van der Waals surface area contributed by atoms with Gasteiger partial charge >= 0.3 is 0 Å². The summed E-state index contributed by atoms with van der Waals surface area (Å²) in [6.45, 7) is 0. The second-order valence-electron chi connectivity index (χ2n) is 2.73. The molecule has 6 heteroatoms. The minimum atomic E-state index is -2.74. The van der Waals surface area contributed by atoms with E-state index in [4.69, 9.17) is 28.5 Å². The summed E-state index contributed by atoms with van der Waals surface area (Å²) >= 11 is 11.2. The minimum Gasteiger partial charge on any atom is -0.255 e. The lowest BCUT2D eigenvalue weighted by atomic mass is 10.1.